The van der Waals surface area contributed by atoms with Crippen LogP contribution in [0.5, 0.6) is 5.75 Å². The molecule has 1 atom stereocenters. The highest BCUT2D eigenvalue weighted by molar-refractivity contribution is 5.89. The number of rotatable bonds is 5. The second-order valence-electron chi connectivity index (χ2n) is 4.72. The van der Waals surface area contributed by atoms with E-state index in [1.807, 2.05) is 36.4 Å². The Morgan fingerprint density at radius 2 is 1.86 bits per heavy atom. The van der Waals surface area contributed by atoms with E-state index in [1.165, 1.54) is 0 Å². The van der Waals surface area contributed by atoms with Gasteiger partial charge in [0.1, 0.15) is 12.4 Å². The molecule has 3 nitrogen and oxygen atoms in total. The highest BCUT2D eigenvalue weighted by Crippen LogP contribution is 2.33. The molecule has 0 bridgehead atoms. The van der Waals surface area contributed by atoms with Crippen molar-refractivity contribution in [3.05, 3.63) is 42.0 Å². The van der Waals surface area contributed by atoms with Crippen LogP contribution in [0, 0.1) is 0 Å². The molecule has 0 radical (unpaired) electrons. The Balaban J connectivity index is 2.21. The third-order valence-electron chi connectivity index (χ3n) is 2.95. The zero-order valence-corrected chi connectivity index (χ0v) is 11.5. The Morgan fingerprint density at radius 1 is 1.14 bits per heavy atom. The lowest BCUT2D eigenvalue weighted by Crippen LogP contribution is -2.19. The van der Waals surface area contributed by atoms with Gasteiger partial charge in [0.05, 0.1) is 0 Å². The van der Waals surface area contributed by atoms with E-state index in [1.54, 1.807) is 6.92 Å². The first-order chi connectivity index (χ1) is 9.88. The van der Waals surface area contributed by atoms with Crippen molar-refractivity contribution in [1.82, 2.24) is 0 Å². The number of halogens is 3. The lowest BCUT2D eigenvalue weighted by Gasteiger charge is -2.17. The molecule has 0 aliphatic rings. The van der Waals surface area contributed by atoms with Crippen LogP contribution >= 0.6 is 0 Å². The highest BCUT2D eigenvalue weighted by atomic mass is 19.4. The average Bonchev–Trinajstić information content (AvgIpc) is 2.42. The Kier molecular flexibility index (Phi) is 4.69. The van der Waals surface area contributed by atoms with E-state index in [9.17, 15) is 13.2 Å². The average molecular weight is 299 g/mol. The predicted molar refractivity (Wildman–Crippen MR) is 74.1 cm³/mol. The van der Waals surface area contributed by atoms with Gasteiger partial charge in [-0.25, -0.2) is 0 Å². The topological polar surface area (TPSA) is 44.5 Å². The maximum Gasteiger partial charge on any atom is 0.411 e. The van der Waals surface area contributed by atoms with Crippen LogP contribution in [0.2, 0.25) is 0 Å². The fourth-order valence-electron chi connectivity index (χ4n) is 2.04. The second-order valence-corrected chi connectivity index (χ2v) is 4.72. The van der Waals surface area contributed by atoms with Crippen molar-refractivity contribution in [2.24, 2.45) is 5.73 Å². The van der Waals surface area contributed by atoms with E-state index >= 15 is 0 Å². The Labute approximate surface area is 120 Å². The maximum absolute atomic E-state index is 12.0. The van der Waals surface area contributed by atoms with E-state index in [-0.39, 0.29) is 6.04 Å². The van der Waals surface area contributed by atoms with Crippen molar-refractivity contribution in [3.8, 4) is 5.75 Å². The van der Waals surface area contributed by atoms with Crippen LogP contribution in [0.15, 0.2) is 36.4 Å². The van der Waals surface area contributed by atoms with Crippen molar-refractivity contribution in [3.63, 3.8) is 0 Å². The summed E-state index contributed by atoms with van der Waals surface area (Å²) in [5, 5.41) is 1.72. The molecule has 2 aromatic rings. The van der Waals surface area contributed by atoms with E-state index < -0.39 is 19.6 Å². The van der Waals surface area contributed by atoms with Crippen molar-refractivity contribution in [2.45, 2.75) is 19.1 Å². The third-order valence-corrected chi connectivity index (χ3v) is 2.95. The van der Waals surface area contributed by atoms with Crippen molar-refractivity contribution >= 4 is 10.8 Å². The van der Waals surface area contributed by atoms with Gasteiger partial charge in [0.2, 0.25) is 0 Å². The highest BCUT2D eigenvalue weighted by Gasteiger charge is 2.27. The molecule has 1 unspecified atom stereocenters. The summed E-state index contributed by atoms with van der Waals surface area (Å²) in [5.74, 6) is 0.463. The molecule has 0 spiro atoms. The summed E-state index contributed by atoms with van der Waals surface area (Å²) in [6.45, 7) is -0.0357. The molecule has 114 valence electrons. The monoisotopic (exact) mass is 299 g/mol. The molecule has 0 heterocycles. The van der Waals surface area contributed by atoms with Gasteiger partial charge in [-0.15, -0.1) is 0 Å². The van der Waals surface area contributed by atoms with Gasteiger partial charge in [-0.05, 0) is 12.3 Å². The molecule has 2 rings (SSSR count). The molecule has 0 saturated carbocycles. The molecule has 0 fully saturated rings. The largest absolute Gasteiger partial charge is 0.467 e. The van der Waals surface area contributed by atoms with E-state index in [4.69, 9.17) is 10.5 Å². The normalized spacial score (nSPS) is 13.4. The number of nitrogens with two attached hydrogens (primary N) is 1. The first kappa shape index (κ1) is 15.6. The van der Waals surface area contributed by atoms with Gasteiger partial charge in [0.25, 0.3) is 0 Å². The molecular formula is C15H16F3NO2. The Hall–Kier alpha value is -1.79. The SMILES string of the molecule is CC(N)c1ccc2ccccc2c1OCOCC(F)(F)F. The van der Waals surface area contributed by atoms with Crippen LogP contribution in [0.25, 0.3) is 10.8 Å². The molecule has 2 N–H and O–H groups in total. The number of hydrogen-bond acceptors (Lipinski definition) is 3. The minimum atomic E-state index is -4.37. The summed E-state index contributed by atoms with van der Waals surface area (Å²) in [7, 11) is 0. The quantitative estimate of drug-likeness (QED) is 0.675. The zero-order chi connectivity index (χ0) is 15.5. The summed E-state index contributed by atoms with van der Waals surface area (Å²) >= 11 is 0. The lowest BCUT2D eigenvalue weighted by atomic mass is 10.0. The number of benzene rings is 2. The van der Waals surface area contributed by atoms with Crippen LogP contribution in [-0.4, -0.2) is 19.6 Å². The van der Waals surface area contributed by atoms with Gasteiger partial charge in [-0.2, -0.15) is 13.2 Å². The minimum Gasteiger partial charge on any atom is -0.467 e. The number of fused-ring (bicyclic) bond motifs is 1. The van der Waals surface area contributed by atoms with Gasteiger partial charge in [0, 0.05) is 17.0 Å². The summed E-state index contributed by atoms with van der Waals surface area (Å²) < 4.78 is 46.0. The van der Waals surface area contributed by atoms with Crippen molar-refractivity contribution in [2.75, 3.05) is 13.4 Å². The standard InChI is InChI=1S/C15H16F3NO2/c1-10(19)12-7-6-11-4-2-3-5-13(11)14(12)21-9-20-8-15(16,17)18/h2-7,10H,8-9,19H2,1H3. The van der Waals surface area contributed by atoms with Gasteiger partial charge in [0.15, 0.2) is 6.79 Å². The van der Waals surface area contributed by atoms with Crippen LogP contribution in [0.1, 0.15) is 18.5 Å². The maximum atomic E-state index is 12.0. The summed E-state index contributed by atoms with van der Waals surface area (Å²) in [6.07, 6.45) is -4.37. The molecule has 0 aromatic heterocycles. The Morgan fingerprint density at radius 3 is 2.52 bits per heavy atom. The van der Waals surface area contributed by atoms with Gasteiger partial charge in [-0.1, -0.05) is 36.4 Å². The molecule has 0 aliphatic heterocycles. The third kappa shape index (κ3) is 4.09. The van der Waals surface area contributed by atoms with Gasteiger partial charge < -0.3 is 15.2 Å². The minimum absolute atomic E-state index is 0.299. The van der Waals surface area contributed by atoms with Crippen LogP contribution in [0.4, 0.5) is 13.2 Å². The lowest BCUT2D eigenvalue weighted by molar-refractivity contribution is -0.186. The molecule has 0 saturated heterocycles. The fraction of sp³-hybridized carbons (Fsp3) is 0.333. The second kappa shape index (κ2) is 6.32. The van der Waals surface area contributed by atoms with Gasteiger partial charge in [-0.3, -0.25) is 0 Å². The fourth-order valence-corrected chi connectivity index (χ4v) is 2.04. The van der Waals surface area contributed by atoms with Crippen LogP contribution in [-0.2, 0) is 4.74 Å². The van der Waals surface area contributed by atoms with E-state index in [2.05, 4.69) is 4.74 Å². The number of hydrogen-bond donors (Lipinski definition) is 1. The molecule has 2 aromatic carbocycles. The molecular weight excluding hydrogens is 283 g/mol. The predicted octanol–water partition coefficient (Wildman–Crippen LogP) is 3.77. The van der Waals surface area contributed by atoms with Crippen molar-refractivity contribution in [1.29, 1.82) is 0 Å². The first-order valence-electron chi connectivity index (χ1n) is 6.43. The van der Waals surface area contributed by atoms with Crippen LogP contribution < -0.4 is 10.5 Å². The summed E-state index contributed by atoms with van der Waals surface area (Å²) in [5.41, 5.74) is 6.60. The number of alkyl halides is 3. The zero-order valence-electron chi connectivity index (χ0n) is 11.5. The van der Waals surface area contributed by atoms with Gasteiger partial charge >= 0.3 is 6.18 Å². The Bertz CT molecular complexity index is 611. The number of ether oxygens (including phenoxy) is 2. The van der Waals surface area contributed by atoms with E-state index in [0.717, 1.165) is 16.3 Å². The van der Waals surface area contributed by atoms with Crippen LogP contribution in [0.3, 0.4) is 0 Å². The molecule has 6 heteroatoms. The molecule has 0 aliphatic carbocycles. The van der Waals surface area contributed by atoms with E-state index in [0.29, 0.717) is 5.75 Å². The molecule has 21 heavy (non-hydrogen) atoms. The smallest absolute Gasteiger partial charge is 0.411 e. The van der Waals surface area contributed by atoms with Crippen molar-refractivity contribution < 1.29 is 22.6 Å². The summed E-state index contributed by atoms with van der Waals surface area (Å²) in [6, 6.07) is 10.8. The summed E-state index contributed by atoms with van der Waals surface area (Å²) in [4.78, 5) is 0. The molecule has 0 amide bonds. The first-order valence-corrected chi connectivity index (χ1v) is 6.43.